The largest absolute Gasteiger partial charge is 0.338 e. The average Bonchev–Trinajstić information content (AvgIpc) is 2.46. The maximum Gasteiger partial charge on any atom is 0.253 e. The van der Waals surface area contributed by atoms with Crippen LogP contribution >= 0.6 is 0 Å². The van der Waals surface area contributed by atoms with Crippen LogP contribution in [0.15, 0.2) is 29.2 Å². The summed E-state index contributed by atoms with van der Waals surface area (Å²) in [5, 5.41) is 0. The Bertz CT molecular complexity index is 581. The molecule has 6 heteroatoms. The van der Waals surface area contributed by atoms with E-state index in [9.17, 15) is 13.2 Å². The lowest BCUT2D eigenvalue weighted by Gasteiger charge is -2.32. The second-order valence-corrected chi connectivity index (χ2v) is 7.31. The highest BCUT2D eigenvalue weighted by molar-refractivity contribution is 7.90. The van der Waals surface area contributed by atoms with Gasteiger partial charge in [-0.25, -0.2) is 8.42 Å². The molecule has 0 aliphatic carbocycles. The summed E-state index contributed by atoms with van der Waals surface area (Å²) in [6.45, 7) is 2.02. The van der Waals surface area contributed by atoms with Crippen LogP contribution in [0.25, 0.3) is 0 Å². The van der Waals surface area contributed by atoms with Crippen LogP contribution < -0.4 is 5.73 Å². The Labute approximate surface area is 119 Å². The molecule has 5 nitrogen and oxygen atoms in total. The van der Waals surface area contributed by atoms with Crippen molar-refractivity contribution in [2.75, 3.05) is 25.9 Å². The van der Waals surface area contributed by atoms with Gasteiger partial charge in [0.2, 0.25) is 0 Å². The van der Waals surface area contributed by atoms with Crippen molar-refractivity contribution < 1.29 is 13.2 Å². The van der Waals surface area contributed by atoms with Crippen LogP contribution in [0, 0.1) is 5.92 Å². The summed E-state index contributed by atoms with van der Waals surface area (Å²) < 4.78 is 22.8. The highest BCUT2D eigenvalue weighted by Gasteiger charge is 2.23. The number of carbonyl (C=O) groups is 1. The summed E-state index contributed by atoms with van der Waals surface area (Å²) in [7, 11) is -3.22. The van der Waals surface area contributed by atoms with Crippen molar-refractivity contribution in [1.29, 1.82) is 0 Å². The SMILES string of the molecule is CS(=O)(=O)c1ccc(C(=O)N2CCCC(CN)C2)cc1. The Hall–Kier alpha value is -1.40. The van der Waals surface area contributed by atoms with Crippen LogP contribution in [0.2, 0.25) is 0 Å². The maximum absolute atomic E-state index is 12.4. The van der Waals surface area contributed by atoms with Gasteiger partial charge in [-0.05, 0) is 49.6 Å². The Morgan fingerprint density at radius 3 is 2.55 bits per heavy atom. The van der Waals surface area contributed by atoms with Gasteiger partial charge in [-0.15, -0.1) is 0 Å². The van der Waals surface area contributed by atoms with E-state index in [0.717, 1.165) is 25.6 Å². The molecule has 1 aliphatic rings. The van der Waals surface area contributed by atoms with E-state index < -0.39 is 9.84 Å². The van der Waals surface area contributed by atoms with Crippen molar-refractivity contribution in [2.24, 2.45) is 11.7 Å². The average molecular weight is 296 g/mol. The van der Waals surface area contributed by atoms with Crippen molar-refractivity contribution in [2.45, 2.75) is 17.7 Å². The molecule has 1 heterocycles. The first kappa shape index (κ1) is 15.0. The molecule has 0 aromatic heterocycles. The molecule has 1 fully saturated rings. The van der Waals surface area contributed by atoms with Gasteiger partial charge in [0.05, 0.1) is 4.90 Å². The molecule has 1 amide bonds. The molecule has 2 N–H and O–H groups in total. The maximum atomic E-state index is 12.4. The number of amides is 1. The Kier molecular flexibility index (Phi) is 4.45. The minimum Gasteiger partial charge on any atom is -0.338 e. The fourth-order valence-electron chi connectivity index (χ4n) is 2.47. The van der Waals surface area contributed by atoms with Crippen LogP contribution in [0.5, 0.6) is 0 Å². The number of rotatable bonds is 3. The van der Waals surface area contributed by atoms with Crippen LogP contribution in [0.3, 0.4) is 0 Å². The summed E-state index contributed by atoms with van der Waals surface area (Å²) in [6.07, 6.45) is 3.18. The number of sulfone groups is 1. The van der Waals surface area contributed by atoms with E-state index in [0.29, 0.717) is 24.6 Å². The van der Waals surface area contributed by atoms with E-state index in [2.05, 4.69) is 0 Å². The zero-order valence-electron chi connectivity index (χ0n) is 11.6. The second-order valence-electron chi connectivity index (χ2n) is 5.29. The zero-order valence-corrected chi connectivity index (χ0v) is 12.4. The smallest absolute Gasteiger partial charge is 0.253 e. The van der Waals surface area contributed by atoms with E-state index in [1.807, 2.05) is 0 Å². The van der Waals surface area contributed by atoms with Gasteiger partial charge in [-0.2, -0.15) is 0 Å². The van der Waals surface area contributed by atoms with Crippen LogP contribution in [-0.2, 0) is 9.84 Å². The van der Waals surface area contributed by atoms with E-state index in [1.54, 1.807) is 17.0 Å². The first-order chi connectivity index (χ1) is 9.41. The minimum atomic E-state index is -3.22. The van der Waals surface area contributed by atoms with Crippen molar-refractivity contribution in [3.05, 3.63) is 29.8 Å². The summed E-state index contributed by atoms with van der Waals surface area (Å²) in [4.78, 5) is 14.4. The fourth-order valence-corrected chi connectivity index (χ4v) is 3.10. The van der Waals surface area contributed by atoms with Gasteiger partial charge in [0.1, 0.15) is 0 Å². The molecule has 20 heavy (non-hydrogen) atoms. The third-order valence-electron chi connectivity index (χ3n) is 3.67. The predicted octanol–water partition coefficient (Wildman–Crippen LogP) is 0.901. The molecular formula is C14H20N2O3S. The van der Waals surface area contributed by atoms with Gasteiger partial charge >= 0.3 is 0 Å². The number of nitrogens with zero attached hydrogens (tertiary/aromatic N) is 1. The summed E-state index contributed by atoms with van der Waals surface area (Å²) >= 11 is 0. The lowest BCUT2D eigenvalue weighted by molar-refractivity contribution is 0.0678. The molecule has 2 rings (SSSR count). The van der Waals surface area contributed by atoms with Gasteiger partial charge in [-0.3, -0.25) is 4.79 Å². The summed E-state index contributed by atoms with van der Waals surface area (Å²) in [5.41, 5.74) is 6.19. The van der Waals surface area contributed by atoms with E-state index in [-0.39, 0.29) is 10.8 Å². The summed E-state index contributed by atoms with van der Waals surface area (Å²) in [6, 6.07) is 6.11. The Morgan fingerprint density at radius 2 is 2.00 bits per heavy atom. The van der Waals surface area contributed by atoms with Gasteiger partial charge in [-0.1, -0.05) is 0 Å². The second kappa shape index (κ2) is 5.93. The normalized spacial score (nSPS) is 19.9. The van der Waals surface area contributed by atoms with Crippen molar-refractivity contribution >= 4 is 15.7 Å². The molecular weight excluding hydrogens is 276 g/mol. The molecule has 0 bridgehead atoms. The molecule has 110 valence electrons. The first-order valence-electron chi connectivity index (χ1n) is 6.71. The first-order valence-corrected chi connectivity index (χ1v) is 8.60. The number of hydrogen-bond donors (Lipinski definition) is 1. The van der Waals surface area contributed by atoms with Gasteiger partial charge in [0, 0.05) is 24.9 Å². The Morgan fingerprint density at radius 1 is 1.35 bits per heavy atom. The Balaban J connectivity index is 2.13. The number of nitrogens with two attached hydrogens (primary N) is 1. The van der Waals surface area contributed by atoms with Crippen molar-refractivity contribution in [1.82, 2.24) is 4.90 Å². The topological polar surface area (TPSA) is 80.5 Å². The zero-order chi connectivity index (χ0) is 14.8. The number of benzene rings is 1. The molecule has 0 saturated carbocycles. The number of piperidine rings is 1. The molecule has 1 aromatic rings. The van der Waals surface area contributed by atoms with Crippen molar-refractivity contribution in [3.63, 3.8) is 0 Å². The van der Waals surface area contributed by atoms with Crippen LogP contribution in [0.4, 0.5) is 0 Å². The lowest BCUT2D eigenvalue weighted by atomic mass is 9.97. The quantitative estimate of drug-likeness (QED) is 0.898. The molecule has 0 spiro atoms. The third-order valence-corrected chi connectivity index (χ3v) is 4.80. The lowest BCUT2D eigenvalue weighted by Crippen LogP contribution is -2.42. The number of carbonyl (C=O) groups excluding carboxylic acids is 1. The molecule has 1 aliphatic heterocycles. The molecule has 1 atom stereocenters. The molecule has 1 unspecified atom stereocenters. The highest BCUT2D eigenvalue weighted by atomic mass is 32.2. The number of likely N-dealkylation sites (tertiary alicyclic amines) is 1. The van der Waals surface area contributed by atoms with Gasteiger partial charge in [0.25, 0.3) is 5.91 Å². The number of hydrogen-bond acceptors (Lipinski definition) is 4. The molecule has 1 aromatic carbocycles. The highest BCUT2D eigenvalue weighted by Crippen LogP contribution is 2.18. The van der Waals surface area contributed by atoms with Crippen molar-refractivity contribution in [3.8, 4) is 0 Å². The fraction of sp³-hybridized carbons (Fsp3) is 0.500. The van der Waals surface area contributed by atoms with Gasteiger partial charge < -0.3 is 10.6 Å². The van der Waals surface area contributed by atoms with Crippen LogP contribution in [0.1, 0.15) is 23.2 Å². The minimum absolute atomic E-state index is 0.0526. The van der Waals surface area contributed by atoms with E-state index in [4.69, 9.17) is 5.73 Å². The van der Waals surface area contributed by atoms with Gasteiger partial charge in [0.15, 0.2) is 9.84 Å². The van der Waals surface area contributed by atoms with E-state index >= 15 is 0 Å². The monoisotopic (exact) mass is 296 g/mol. The summed E-state index contributed by atoms with van der Waals surface area (Å²) in [5.74, 6) is 0.311. The molecule has 1 saturated heterocycles. The third kappa shape index (κ3) is 3.37. The molecule has 0 radical (unpaired) electrons. The predicted molar refractivity (Wildman–Crippen MR) is 77.2 cm³/mol. The standard InChI is InChI=1S/C14H20N2O3S/c1-20(18,19)13-6-4-12(5-7-13)14(17)16-8-2-3-11(9-15)10-16/h4-7,11H,2-3,8-10,15H2,1H3. The van der Waals surface area contributed by atoms with Crippen LogP contribution in [-0.4, -0.2) is 45.1 Å². The van der Waals surface area contributed by atoms with E-state index in [1.165, 1.54) is 12.1 Å².